The molecule has 1 amide bonds. The topological polar surface area (TPSA) is 59.9 Å². The highest BCUT2D eigenvalue weighted by Gasteiger charge is 2.13. The number of carbonyl (C=O) groups is 1. The van der Waals surface area contributed by atoms with Gasteiger partial charge in [0.15, 0.2) is 0 Å². The minimum absolute atomic E-state index is 0.299. The molecule has 7 heteroatoms. The Morgan fingerprint density at radius 3 is 2.26 bits per heavy atom. The standard InChI is InChI=1S/C20H18Br2N2O3/c1-3-9-26-18-7-5-15(21)11-14(18)13-23-24-20(25)17-12-16(22)6-8-19(17)27-10-4-2/h3-8,11-13H,1-2,9-10H2,(H,24,25). The summed E-state index contributed by atoms with van der Waals surface area (Å²) in [4.78, 5) is 12.5. The molecule has 0 aliphatic rings. The van der Waals surface area contributed by atoms with E-state index in [0.29, 0.717) is 35.8 Å². The molecule has 1 N–H and O–H groups in total. The van der Waals surface area contributed by atoms with Crippen LogP contribution in [0.2, 0.25) is 0 Å². The van der Waals surface area contributed by atoms with Gasteiger partial charge in [-0.05, 0) is 36.4 Å². The van der Waals surface area contributed by atoms with Crippen molar-refractivity contribution in [3.8, 4) is 11.5 Å². The third kappa shape index (κ3) is 6.37. The molecule has 140 valence electrons. The quantitative estimate of drug-likeness (QED) is 0.300. The molecule has 0 radical (unpaired) electrons. The summed E-state index contributed by atoms with van der Waals surface area (Å²) in [6.07, 6.45) is 4.78. The maximum atomic E-state index is 12.5. The molecule has 2 rings (SSSR count). The Morgan fingerprint density at radius 2 is 1.59 bits per heavy atom. The number of hydrogen-bond donors (Lipinski definition) is 1. The SMILES string of the molecule is C=CCOc1ccc(Br)cc1C=NNC(=O)c1cc(Br)ccc1OCC=C. The van der Waals surface area contributed by atoms with Crippen LogP contribution in [0, 0.1) is 0 Å². The largest absolute Gasteiger partial charge is 0.489 e. The van der Waals surface area contributed by atoms with E-state index in [-0.39, 0.29) is 0 Å². The summed E-state index contributed by atoms with van der Waals surface area (Å²) in [6.45, 7) is 7.91. The summed E-state index contributed by atoms with van der Waals surface area (Å²) in [5, 5.41) is 4.04. The highest BCUT2D eigenvalue weighted by molar-refractivity contribution is 9.10. The number of nitrogens with one attached hydrogen (secondary N) is 1. The van der Waals surface area contributed by atoms with Gasteiger partial charge in [0.2, 0.25) is 0 Å². The Kier molecular flexibility index (Phi) is 8.29. The van der Waals surface area contributed by atoms with Crippen LogP contribution in [0.4, 0.5) is 0 Å². The normalized spacial score (nSPS) is 10.4. The maximum Gasteiger partial charge on any atom is 0.275 e. The fourth-order valence-electron chi connectivity index (χ4n) is 2.08. The van der Waals surface area contributed by atoms with E-state index in [1.807, 2.05) is 18.2 Å². The number of ether oxygens (including phenoxy) is 2. The summed E-state index contributed by atoms with van der Waals surface area (Å²) in [7, 11) is 0. The van der Waals surface area contributed by atoms with E-state index in [0.717, 1.165) is 8.95 Å². The van der Waals surface area contributed by atoms with Gasteiger partial charge in [-0.2, -0.15) is 5.10 Å². The molecule has 27 heavy (non-hydrogen) atoms. The maximum absolute atomic E-state index is 12.5. The molecule has 0 fully saturated rings. The summed E-state index contributed by atoms with van der Waals surface area (Å²) >= 11 is 6.76. The van der Waals surface area contributed by atoms with Crippen molar-refractivity contribution in [2.75, 3.05) is 13.2 Å². The van der Waals surface area contributed by atoms with Crippen molar-refractivity contribution in [1.82, 2.24) is 5.43 Å². The molecular formula is C20H18Br2N2O3. The lowest BCUT2D eigenvalue weighted by Gasteiger charge is -2.10. The Balaban J connectivity index is 2.16. The van der Waals surface area contributed by atoms with Gasteiger partial charge in [0.05, 0.1) is 11.8 Å². The molecule has 0 aliphatic heterocycles. The molecule has 0 unspecified atom stereocenters. The van der Waals surface area contributed by atoms with E-state index in [1.165, 1.54) is 6.21 Å². The monoisotopic (exact) mass is 492 g/mol. The van der Waals surface area contributed by atoms with Crippen LogP contribution in [0.15, 0.2) is 75.8 Å². The van der Waals surface area contributed by atoms with Crippen molar-refractivity contribution in [3.05, 3.63) is 81.8 Å². The van der Waals surface area contributed by atoms with E-state index in [1.54, 1.807) is 30.4 Å². The molecule has 2 aromatic carbocycles. The van der Waals surface area contributed by atoms with E-state index in [2.05, 4.69) is 55.5 Å². The number of nitrogens with zero attached hydrogens (tertiary/aromatic N) is 1. The van der Waals surface area contributed by atoms with Gasteiger partial charge in [-0.1, -0.05) is 57.2 Å². The number of rotatable bonds is 9. The second-order valence-corrected chi connectivity index (χ2v) is 7.05. The van der Waals surface area contributed by atoms with Crippen LogP contribution in [0.3, 0.4) is 0 Å². The predicted octanol–water partition coefficient (Wildman–Crippen LogP) is 5.11. The first-order valence-electron chi connectivity index (χ1n) is 7.95. The average Bonchev–Trinajstić information content (AvgIpc) is 2.66. The third-order valence-corrected chi connectivity index (χ3v) is 4.23. The number of benzene rings is 2. The fourth-order valence-corrected chi connectivity index (χ4v) is 2.82. The van der Waals surface area contributed by atoms with Crippen molar-refractivity contribution in [2.24, 2.45) is 5.10 Å². The Hall–Kier alpha value is -2.38. The van der Waals surface area contributed by atoms with Crippen molar-refractivity contribution in [1.29, 1.82) is 0 Å². The van der Waals surface area contributed by atoms with Crippen LogP contribution in [0.25, 0.3) is 0 Å². The molecule has 0 saturated heterocycles. The number of carbonyl (C=O) groups excluding carboxylic acids is 1. The van der Waals surface area contributed by atoms with Crippen LogP contribution in [-0.4, -0.2) is 25.3 Å². The highest BCUT2D eigenvalue weighted by Crippen LogP contribution is 2.24. The van der Waals surface area contributed by atoms with Crippen molar-refractivity contribution in [2.45, 2.75) is 0 Å². The number of hydrazone groups is 1. The average molecular weight is 494 g/mol. The molecule has 0 aromatic heterocycles. The van der Waals surface area contributed by atoms with Gasteiger partial charge < -0.3 is 9.47 Å². The van der Waals surface area contributed by atoms with Crippen LogP contribution in [0.5, 0.6) is 11.5 Å². The second-order valence-electron chi connectivity index (χ2n) is 5.22. The van der Waals surface area contributed by atoms with E-state index in [9.17, 15) is 4.79 Å². The van der Waals surface area contributed by atoms with Crippen molar-refractivity contribution >= 4 is 44.0 Å². The lowest BCUT2D eigenvalue weighted by molar-refractivity contribution is 0.0951. The van der Waals surface area contributed by atoms with Gasteiger partial charge in [-0.3, -0.25) is 4.79 Å². The molecule has 0 aliphatic carbocycles. The zero-order valence-electron chi connectivity index (χ0n) is 14.5. The molecular weight excluding hydrogens is 476 g/mol. The van der Waals surface area contributed by atoms with Crippen LogP contribution in [-0.2, 0) is 0 Å². The Labute approximate surface area is 175 Å². The summed E-state index contributed by atoms with van der Waals surface area (Å²) in [6, 6.07) is 10.7. The van der Waals surface area contributed by atoms with Gasteiger partial charge >= 0.3 is 0 Å². The molecule has 0 heterocycles. The second kappa shape index (κ2) is 10.7. The Bertz CT molecular complexity index is 866. The smallest absolute Gasteiger partial charge is 0.275 e. The van der Waals surface area contributed by atoms with E-state index >= 15 is 0 Å². The lowest BCUT2D eigenvalue weighted by Crippen LogP contribution is -2.19. The molecule has 2 aromatic rings. The summed E-state index contributed by atoms with van der Waals surface area (Å²) in [5.74, 6) is 0.687. The van der Waals surface area contributed by atoms with Crippen LogP contribution < -0.4 is 14.9 Å². The van der Waals surface area contributed by atoms with E-state index in [4.69, 9.17) is 9.47 Å². The highest BCUT2D eigenvalue weighted by atomic mass is 79.9. The zero-order valence-corrected chi connectivity index (χ0v) is 17.6. The fraction of sp³-hybridized carbons (Fsp3) is 0.100. The van der Waals surface area contributed by atoms with Crippen LogP contribution >= 0.6 is 31.9 Å². The zero-order chi connectivity index (χ0) is 19.6. The summed E-state index contributed by atoms with van der Waals surface area (Å²) in [5.41, 5.74) is 3.58. The number of hydrogen-bond acceptors (Lipinski definition) is 4. The molecule has 0 atom stereocenters. The van der Waals surface area contributed by atoms with Crippen LogP contribution in [0.1, 0.15) is 15.9 Å². The van der Waals surface area contributed by atoms with Crippen molar-refractivity contribution < 1.29 is 14.3 Å². The third-order valence-electron chi connectivity index (χ3n) is 3.24. The molecule has 0 bridgehead atoms. The van der Waals surface area contributed by atoms with Gasteiger partial charge in [-0.25, -0.2) is 5.43 Å². The predicted molar refractivity (Wildman–Crippen MR) is 115 cm³/mol. The van der Waals surface area contributed by atoms with Gasteiger partial charge in [-0.15, -0.1) is 0 Å². The minimum Gasteiger partial charge on any atom is -0.489 e. The Morgan fingerprint density at radius 1 is 1.00 bits per heavy atom. The lowest BCUT2D eigenvalue weighted by atomic mass is 10.2. The van der Waals surface area contributed by atoms with E-state index < -0.39 is 5.91 Å². The first-order chi connectivity index (χ1) is 13.0. The van der Waals surface area contributed by atoms with Crippen molar-refractivity contribution in [3.63, 3.8) is 0 Å². The first-order valence-corrected chi connectivity index (χ1v) is 9.53. The number of amides is 1. The van der Waals surface area contributed by atoms with Gasteiger partial charge in [0, 0.05) is 14.5 Å². The molecule has 5 nitrogen and oxygen atoms in total. The molecule has 0 saturated carbocycles. The number of halogens is 2. The van der Waals surface area contributed by atoms with Gasteiger partial charge in [0.25, 0.3) is 5.91 Å². The minimum atomic E-state index is -0.393. The first kappa shape index (κ1) is 20.9. The molecule has 0 spiro atoms. The summed E-state index contributed by atoms with van der Waals surface area (Å²) < 4.78 is 12.7. The van der Waals surface area contributed by atoms with Gasteiger partial charge in [0.1, 0.15) is 24.7 Å².